The van der Waals surface area contributed by atoms with Crippen molar-refractivity contribution >= 4 is 34.7 Å². The number of aryl methyl sites for hydroxylation is 1. The van der Waals surface area contributed by atoms with Crippen LogP contribution < -0.4 is 10.1 Å². The average Bonchev–Trinajstić information content (AvgIpc) is 2.90. The van der Waals surface area contributed by atoms with Crippen molar-refractivity contribution in [3.05, 3.63) is 77.0 Å². The summed E-state index contributed by atoms with van der Waals surface area (Å²) in [6.45, 7) is 9.57. The van der Waals surface area contributed by atoms with Crippen LogP contribution in [0.5, 0.6) is 5.75 Å². The van der Waals surface area contributed by atoms with Crippen molar-refractivity contribution in [1.82, 2.24) is 4.90 Å². The van der Waals surface area contributed by atoms with Gasteiger partial charge >= 0.3 is 0 Å². The van der Waals surface area contributed by atoms with Crippen LogP contribution in [0, 0.1) is 6.92 Å². The number of anilines is 1. The summed E-state index contributed by atoms with van der Waals surface area (Å²) in [5.41, 5.74) is 2.75. The van der Waals surface area contributed by atoms with Crippen molar-refractivity contribution in [2.75, 3.05) is 11.9 Å². The van der Waals surface area contributed by atoms with Gasteiger partial charge in [-0.3, -0.25) is 14.5 Å². The molecule has 0 aromatic heterocycles. The zero-order chi connectivity index (χ0) is 21.1. The molecule has 0 atom stereocenters. The van der Waals surface area contributed by atoms with Gasteiger partial charge in [0.25, 0.3) is 11.8 Å². The van der Waals surface area contributed by atoms with E-state index in [1.807, 2.05) is 26.8 Å². The quantitative estimate of drug-likeness (QED) is 0.525. The number of hydrogen-bond donors (Lipinski definition) is 1. The van der Waals surface area contributed by atoms with Crippen LogP contribution in [0.15, 0.2) is 60.8 Å². The standard InChI is InChI=1S/C23H23ClN2O3/c1-5-12-26-22(27)20(16-7-10-18(11-8-16)29-14(2)3)21(23(26)28)25-19-13-17(24)9-6-15(19)4/h5-11,13-14,25H,1,12H2,2-4H3. The molecule has 2 amide bonds. The Morgan fingerprint density at radius 1 is 1.14 bits per heavy atom. The summed E-state index contributed by atoms with van der Waals surface area (Å²) in [5, 5.41) is 3.67. The molecule has 0 saturated carbocycles. The molecule has 5 nitrogen and oxygen atoms in total. The minimum Gasteiger partial charge on any atom is -0.491 e. The third-order valence-corrected chi connectivity index (χ3v) is 4.69. The van der Waals surface area contributed by atoms with Gasteiger partial charge in [-0.05, 0) is 56.2 Å². The number of halogens is 1. The zero-order valence-corrected chi connectivity index (χ0v) is 17.4. The Labute approximate surface area is 175 Å². The molecule has 0 aliphatic carbocycles. The fourth-order valence-corrected chi connectivity index (χ4v) is 3.26. The molecule has 1 N–H and O–H groups in total. The molecule has 2 aromatic carbocycles. The highest BCUT2D eigenvalue weighted by atomic mass is 35.5. The van der Waals surface area contributed by atoms with E-state index in [9.17, 15) is 9.59 Å². The van der Waals surface area contributed by atoms with Crippen LogP contribution in [0.3, 0.4) is 0 Å². The van der Waals surface area contributed by atoms with Gasteiger partial charge in [-0.2, -0.15) is 0 Å². The van der Waals surface area contributed by atoms with Crippen molar-refractivity contribution in [3.8, 4) is 5.75 Å². The summed E-state index contributed by atoms with van der Waals surface area (Å²) >= 11 is 6.11. The van der Waals surface area contributed by atoms with Crippen LogP contribution in [-0.2, 0) is 9.59 Å². The van der Waals surface area contributed by atoms with E-state index in [-0.39, 0.29) is 24.3 Å². The van der Waals surface area contributed by atoms with Gasteiger partial charge in [-0.15, -0.1) is 6.58 Å². The van der Waals surface area contributed by atoms with E-state index in [1.54, 1.807) is 36.4 Å². The molecule has 29 heavy (non-hydrogen) atoms. The molecule has 0 radical (unpaired) electrons. The van der Waals surface area contributed by atoms with E-state index in [4.69, 9.17) is 16.3 Å². The highest BCUT2D eigenvalue weighted by Crippen LogP contribution is 2.32. The summed E-state index contributed by atoms with van der Waals surface area (Å²) in [5.74, 6) is -0.0642. The Hall–Kier alpha value is -3.05. The maximum atomic E-state index is 13.0. The number of hydrogen-bond acceptors (Lipinski definition) is 4. The molecule has 2 aromatic rings. The molecule has 6 heteroatoms. The van der Waals surface area contributed by atoms with E-state index in [0.717, 1.165) is 5.56 Å². The van der Waals surface area contributed by atoms with Crippen LogP contribution in [0.4, 0.5) is 5.69 Å². The number of ether oxygens (including phenoxy) is 1. The van der Waals surface area contributed by atoms with Gasteiger partial charge in [0.2, 0.25) is 0 Å². The van der Waals surface area contributed by atoms with E-state index < -0.39 is 5.91 Å². The number of benzene rings is 2. The summed E-state index contributed by atoms with van der Waals surface area (Å²) in [6.07, 6.45) is 1.57. The van der Waals surface area contributed by atoms with Crippen molar-refractivity contribution in [3.63, 3.8) is 0 Å². The van der Waals surface area contributed by atoms with Crippen molar-refractivity contribution in [1.29, 1.82) is 0 Å². The maximum Gasteiger partial charge on any atom is 0.278 e. The first-order chi connectivity index (χ1) is 13.8. The fraction of sp³-hybridized carbons (Fsp3) is 0.217. The van der Waals surface area contributed by atoms with Gasteiger partial charge < -0.3 is 10.1 Å². The second kappa shape index (κ2) is 8.53. The lowest BCUT2D eigenvalue weighted by molar-refractivity contribution is -0.136. The molecule has 1 aliphatic rings. The fourth-order valence-electron chi connectivity index (χ4n) is 3.09. The number of carbonyl (C=O) groups excluding carboxylic acids is 2. The SMILES string of the molecule is C=CCN1C(=O)C(Nc2cc(Cl)ccc2C)=C(c2ccc(OC(C)C)cc2)C1=O. The highest BCUT2D eigenvalue weighted by Gasteiger charge is 2.38. The largest absolute Gasteiger partial charge is 0.491 e. The molecule has 0 saturated heterocycles. The normalized spacial score (nSPS) is 14.0. The lowest BCUT2D eigenvalue weighted by atomic mass is 10.0. The van der Waals surface area contributed by atoms with Gasteiger partial charge in [-0.25, -0.2) is 0 Å². The molecule has 3 rings (SSSR count). The molecule has 0 spiro atoms. The Kier molecular flexibility index (Phi) is 6.09. The summed E-state index contributed by atoms with van der Waals surface area (Å²) in [6, 6.07) is 12.5. The van der Waals surface area contributed by atoms with Gasteiger partial charge in [-0.1, -0.05) is 35.9 Å². The molecular weight excluding hydrogens is 388 g/mol. The summed E-state index contributed by atoms with van der Waals surface area (Å²) in [7, 11) is 0. The average molecular weight is 411 g/mol. The number of imide groups is 1. The van der Waals surface area contributed by atoms with Crippen LogP contribution in [0.1, 0.15) is 25.0 Å². The molecule has 0 unspecified atom stereocenters. The molecule has 0 fully saturated rings. The number of rotatable bonds is 7. The van der Waals surface area contributed by atoms with Gasteiger partial charge in [0.15, 0.2) is 0 Å². The Balaban J connectivity index is 2.05. The number of nitrogens with one attached hydrogen (secondary N) is 1. The second-order valence-electron chi connectivity index (χ2n) is 7.03. The predicted molar refractivity (Wildman–Crippen MR) is 116 cm³/mol. The molecule has 1 heterocycles. The van der Waals surface area contributed by atoms with Gasteiger partial charge in [0.05, 0.1) is 11.7 Å². The maximum absolute atomic E-state index is 13.0. The molecular formula is C23H23ClN2O3. The minimum absolute atomic E-state index is 0.0425. The smallest absolute Gasteiger partial charge is 0.278 e. The highest BCUT2D eigenvalue weighted by molar-refractivity contribution is 6.36. The summed E-state index contributed by atoms with van der Waals surface area (Å²) < 4.78 is 5.67. The van der Waals surface area contributed by atoms with E-state index >= 15 is 0 Å². The first-order valence-corrected chi connectivity index (χ1v) is 9.71. The second-order valence-corrected chi connectivity index (χ2v) is 7.47. The zero-order valence-electron chi connectivity index (χ0n) is 16.7. The Morgan fingerprint density at radius 3 is 2.45 bits per heavy atom. The van der Waals surface area contributed by atoms with Crippen molar-refractivity contribution in [2.24, 2.45) is 0 Å². The topological polar surface area (TPSA) is 58.6 Å². The first-order valence-electron chi connectivity index (χ1n) is 9.33. The van der Waals surface area contributed by atoms with Crippen LogP contribution in [0.2, 0.25) is 5.02 Å². The number of amides is 2. The predicted octanol–water partition coefficient (Wildman–Crippen LogP) is 4.81. The third-order valence-electron chi connectivity index (χ3n) is 4.45. The van der Waals surface area contributed by atoms with E-state index in [1.165, 1.54) is 11.0 Å². The lowest BCUT2D eigenvalue weighted by Gasteiger charge is -2.13. The Bertz CT molecular complexity index is 994. The Morgan fingerprint density at radius 2 is 1.83 bits per heavy atom. The third kappa shape index (κ3) is 4.35. The van der Waals surface area contributed by atoms with Crippen LogP contribution in [0.25, 0.3) is 5.57 Å². The van der Waals surface area contributed by atoms with Crippen LogP contribution in [-0.4, -0.2) is 29.4 Å². The van der Waals surface area contributed by atoms with Crippen LogP contribution >= 0.6 is 11.6 Å². The molecule has 0 bridgehead atoms. The monoisotopic (exact) mass is 410 g/mol. The van der Waals surface area contributed by atoms with E-state index in [2.05, 4.69) is 11.9 Å². The lowest BCUT2D eigenvalue weighted by Crippen LogP contribution is -2.32. The minimum atomic E-state index is -0.396. The first kappa shape index (κ1) is 20.7. The molecule has 1 aliphatic heterocycles. The molecule has 150 valence electrons. The summed E-state index contributed by atoms with van der Waals surface area (Å²) in [4.78, 5) is 27.2. The number of nitrogens with zero attached hydrogens (tertiary/aromatic N) is 1. The van der Waals surface area contributed by atoms with Gasteiger partial charge in [0, 0.05) is 17.3 Å². The van der Waals surface area contributed by atoms with E-state index in [0.29, 0.717) is 27.6 Å². The van der Waals surface area contributed by atoms with Crippen molar-refractivity contribution < 1.29 is 14.3 Å². The number of carbonyl (C=O) groups is 2. The van der Waals surface area contributed by atoms with Gasteiger partial charge in [0.1, 0.15) is 11.4 Å². The van der Waals surface area contributed by atoms with Crippen molar-refractivity contribution in [2.45, 2.75) is 26.9 Å².